The molecule has 2 rings (SSSR count). The number of carboxylic acid groups (broad SMARTS) is 1. The summed E-state index contributed by atoms with van der Waals surface area (Å²) in [5.74, 6) is -0.715. The topological polar surface area (TPSA) is 55.1 Å². The smallest absolute Gasteiger partial charge is 0.313 e. The molecule has 0 radical (unpaired) electrons. The third-order valence-corrected chi connectivity index (χ3v) is 4.25. The second kappa shape index (κ2) is 4.96. The maximum atomic E-state index is 10.7. The van der Waals surface area contributed by atoms with Gasteiger partial charge in [0.1, 0.15) is 0 Å². The van der Waals surface area contributed by atoms with Gasteiger partial charge in [-0.05, 0) is 19.3 Å². The van der Waals surface area contributed by atoms with Crippen molar-refractivity contribution in [3.05, 3.63) is 11.9 Å². The summed E-state index contributed by atoms with van der Waals surface area (Å²) < 4.78 is 2.26. The van der Waals surface area contributed by atoms with Crippen LogP contribution < -0.4 is 0 Å². The Morgan fingerprint density at radius 2 is 2.22 bits per heavy atom. The molecule has 0 saturated heterocycles. The lowest BCUT2D eigenvalue weighted by Crippen LogP contribution is -2.25. The summed E-state index contributed by atoms with van der Waals surface area (Å²) >= 11 is 1.32. The Hall–Kier alpha value is -0.970. The average Bonchev–Trinajstić information content (AvgIpc) is 2.55. The van der Waals surface area contributed by atoms with Crippen LogP contribution in [0.15, 0.2) is 11.4 Å². The van der Waals surface area contributed by atoms with Gasteiger partial charge in [0, 0.05) is 23.3 Å². The van der Waals surface area contributed by atoms with E-state index < -0.39 is 5.97 Å². The van der Waals surface area contributed by atoms with Crippen molar-refractivity contribution < 1.29 is 9.90 Å². The number of aliphatic carboxylic acids is 1. The van der Waals surface area contributed by atoms with Gasteiger partial charge in [-0.2, -0.15) is 0 Å². The number of carboxylic acids is 1. The highest BCUT2D eigenvalue weighted by atomic mass is 32.2. The van der Waals surface area contributed by atoms with E-state index in [-0.39, 0.29) is 11.2 Å². The Morgan fingerprint density at radius 3 is 2.67 bits per heavy atom. The molecule has 18 heavy (non-hydrogen) atoms. The van der Waals surface area contributed by atoms with Gasteiger partial charge in [-0.1, -0.05) is 32.5 Å². The predicted molar refractivity (Wildman–Crippen MR) is 72.2 cm³/mol. The van der Waals surface area contributed by atoms with Crippen molar-refractivity contribution in [2.45, 2.75) is 56.6 Å². The molecule has 0 aliphatic heterocycles. The van der Waals surface area contributed by atoms with Crippen LogP contribution in [0.2, 0.25) is 0 Å². The lowest BCUT2D eigenvalue weighted by Gasteiger charge is -2.33. The van der Waals surface area contributed by atoms with Crippen LogP contribution in [0.5, 0.6) is 0 Å². The zero-order valence-electron chi connectivity index (χ0n) is 11.1. The number of imidazole rings is 1. The lowest BCUT2D eigenvalue weighted by atomic mass is 9.88. The number of thioether (sulfide) groups is 1. The van der Waals surface area contributed by atoms with E-state index in [1.807, 2.05) is 6.20 Å². The summed E-state index contributed by atoms with van der Waals surface area (Å²) in [5.41, 5.74) is 1.25. The highest BCUT2D eigenvalue weighted by Gasteiger charge is 2.29. The highest BCUT2D eigenvalue weighted by Crippen LogP contribution is 2.39. The van der Waals surface area contributed by atoms with Gasteiger partial charge >= 0.3 is 5.97 Å². The van der Waals surface area contributed by atoms with Crippen LogP contribution in [0.1, 0.15) is 51.8 Å². The van der Waals surface area contributed by atoms with E-state index in [0.717, 1.165) is 5.16 Å². The van der Waals surface area contributed by atoms with Crippen molar-refractivity contribution in [1.82, 2.24) is 9.55 Å². The molecule has 0 bridgehead atoms. The molecule has 1 aliphatic carbocycles. The zero-order valence-corrected chi connectivity index (χ0v) is 12.0. The fraction of sp³-hybridized carbons (Fsp3) is 0.692. The van der Waals surface area contributed by atoms with Gasteiger partial charge in [0.2, 0.25) is 0 Å². The summed E-state index contributed by atoms with van der Waals surface area (Å²) in [5, 5.41) is 9.64. The summed E-state index contributed by atoms with van der Waals surface area (Å²) in [4.78, 5) is 15.1. The molecule has 1 heterocycles. The molecule has 5 heteroatoms. The summed E-state index contributed by atoms with van der Waals surface area (Å²) in [6.45, 7) is 6.51. The van der Waals surface area contributed by atoms with E-state index in [9.17, 15) is 4.79 Å². The normalized spacial score (nSPS) is 16.6. The van der Waals surface area contributed by atoms with Crippen molar-refractivity contribution >= 4 is 17.7 Å². The predicted octanol–water partition coefficient (Wildman–Crippen LogP) is 3.08. The second-order valence-electron chi connectivity index (χ2n) is 5.81. The second-order valence-corrected chi connectivity index (χ2v) is 6.76. The molecule has 0 spiro atoms. The number of rotatable bonds is 4. The zero-order chi connectivity index (χ0) is 13.3. The fourth-order valence-corrected chi connectivity index (χ4v) is 2.90. The number of aromatic nitrogens is 2. The van der Waals surface area contributed by atoms with Crippen LogP contribution in [0.4, 0.5) is 0 Å². The van der Waals surface area contributed by atoms with Crippen LogP contribution >= 0.6 is 11.8 Å². The van der Waals surface area contributed by atoms with E-state index in [1.54, 1.807) is 0 Å². The van der Waals surface area contributed by atoms with Gasteiger partial charge in [0.05, 0.1) is 5.75 Å². The molecule has 1 aromatic heterocycles. The molecule has 0 atom stereocenters. The molecule has 1 aromatic rings. The first-order valence-corrected chi connectivity index (χ1v) is 7.30. The summed E-state index contributed by atoms with van der Waals surface area (Å²) in [6.07, 6.45) is 5.53. The molecule has 100 valence electrons. The van der Waals surface area contributed by atoms with Crippen molar-refractivity contribution in [3.63, 3.8) is 0 Å². The Bertz CT molecular complexity index is 444. The van der Waals surface area contributed by atoms with Crippen LogP contribution in [0.3, 0.4) is 0 Å². The fourth-order valence-electron chi connectivity index (χ4n) is 2.13. The van der Waals surface area contributed by atoms with Gasteiger partial charge in [-0.15, -0.1) is 0 Å². The van der Waals surface area contributed by atoms with Crippen molar-refractivity contribution in [2.24, 2.45) is 0 Å². The molecule has 4 nitrogen and oxygen atoms in total. The average molecular weight is 268 g/mol. The quantitative estimate of drug-likeness (QED) is 0.853. The molecular formula is C13H20N2O2S. The minimum absolute atomic E-state index is 0.0463. The monoisotopic (exact) mass is 268 g/mol. The van der Waals surface area contributed by atoms with Gasteiger partial charge in [0.15, 0.2) is 5.16 Å². The standard InChI is InChI=1S/C13H20N2O2S/c1-13(2,3)10-7-14-12(18-8-11(16)17)15(10)9-5-4-6-9/h7,9H,4-6,8H2,1-3H3,(H,16,17). The van der Waals surface area contributed by atoms with Gasteiger partial charge < -0.3 is 9.67 Å². The summed E-state index contributed by atoms with van der Waals surface area (Å²) in [7, 11) is 0. The largest absolute Gasteiger partial charge is 0.481 e. The minimum Gasteiger partial charge on any atom is -0.481 e. The molecule has 0 unspecified atom stereocenters. The van der Waals surface area contributed by atoms with Gasteiger partial charge in [-0.3, -0.25) is 4.79 Å². The van der Waals surface area contributed by atoms with Crippen LogP contribution in [-0.4, -0.2) is 26.4 Å². The van der Waals surface area contributed by atoms with E-state index in [2.05, 4.69) is 30.3 Å². The molecule has 1 fully saturated rings. The summed E-state index contributed by atoms with van der Waals surface area (Å²) in [6, 6.07) is 0.512. The highest BCUT2D eigenvalue weighted by molar-refractivity contribution is 7.99. The molecular weight excluding hydrogens is 248 g/mol. The maximum Gasteiger partial charge on any atom is 0.313 e. The van der Waals surface area contributed by atoms with Crippen LogP contribution in [0.25, 0.3) is 0 Å². The number of nitrogens with zero attached hydrogens (tertiary/aromatic N) is 2. The Labute approximate surface area is 112 Å². The third kappa shape index (κ3) is 2.71. The minimum atomic E-state index is -0.791. The molecule has 0 aromatic carbocycles. The van der Waals surface area contributed by atoms with Crippen molar-refractivity contribution in [2.75, 3.05) is 5.75 Å². The van der Waals surface area contributed by atoms with E-state index in [1.165, 1.54) is 36.7 Å². The Balaban J connectivity index is 2.28. The van der Waals surface area contributed by atoms with E-state index in [0.29, 0.717) is 6.04 Å². The first kappa shape index (κ1) is 13.5. The first-order chi connectivity index (χ1) is 8.39. The molecule has 0 amide bonds. The lowest BCUT2D eigenvalue weighted by molar-refractivity contribution is -0.133. The van der Waals surface area contributed by atoms with Gasteiger partial charge in [0.25, 0.3) is 0 Å². The van der Waals surface area contributed by atoms with Crippen molar-refractivity contribution in [3.8, 4) is 0 Å². The van der Waals surface area contributed by atoms with E-state index >= 15 is 0 Å². The number of hydrogen-bond donors (Lipinski definition) is 1. The number of carbonyl (C=O) groups is 1. The third-order valence-electron chi connectivity index (χ3n) is 3.30. The molecule has 1 saturated carbocycles. The van der Waals surface area contributed by atoms with Crippen molar-refractivity contribution in [1.29, 1.82) is 0 Å². The Morgan fingerprint density at radius 1 is 1.56 bits per heavy atom. The van der Waals surface area contributed by atoms with Gasteiger partial charge in [-0.25, -0.2) is 4.98 Å². The van der Waals surface area contributed by atoms with Crippen LogP contribution in [0, 0.1) is 0 Å². The molecule has 1 aliphatic rings. The maximum absolute atomic E-state index is 10.7. The first-order valence-electron chi connectivity index (χ1n) is 6.32. The SMILES string of the molecule is CC(C)(C)c1cnc(SCC(=O)O)n1C1CCC1. The Kier molecular flexibility index (Phi) is 3.71. The molecule has 1 N–H and O–H groups in total. The van der Waals surface area contributed by atoms with Crippen LogP contribution in [-0.2, 0) is 10.2 Å². The van der Waals surface area contributed by atoms with E-state index in [4.69, 9.17) is 5.11 Å². The number of hydrogen-bond acceptors (Lipinski definition) is 3.